The fourth-order valence-electron chi connectivity index (χ4n) is 3.21. The van der Waals surface area contributed by atoms with Crippen molar-refractivity contribution in [2.45, 2.75) is 6.61 Å². The molecule has 2 amide bonds. The van der Waals surface area contributed by atoms with Gasteiger partial charge in [-0.25, -0.2) is 9.18 Å². The predicted molar refractivity (Wildman–Crippen MR) is 106 cm³/mol. The molecule has 0 aromatic carbocycles. The summed E-state index contributed by atoms with van der Waals surface area (Å²) in [7, 11) is 0. The number of nitrogens with zero attached hydrogens (tertiary/aromatic N) is 4. The van der Waals surface area contributed by atoms with Crippen molar-refractivity contribution in [1.82, 2.24) is 19.9 Å². The molecule has 156 valence electrons. The number of fused-ring (bicyclic) bond motifs is 1. The molecule has 0 atom stereocenters. The number of ether oxygens (including phenoxy) is 2. The number of aromatic nitrogens is 3. The van der Waals surface area contributed by atoms with Crippen molar-refractivity contribution in [3.05, 3.63) is 48.4 Å². The summed E-state index contributed by atoms with van der Waals surface area (Å²) in [4.78, 5) is 39.0. The number of aromatic amines is 1. The van der Waals surface area contributed by atoms with Crippen molar-refractivity contribution in [3.63, 3.8) is 0 Å². The molecule has 0 unspecified atom stereocenters. The van der Waals surface area contributed by atoms with Gasteiger partial charge >= 0.3 is 6.09 Å². The highest BCUT2D eigenvalue weighted by atomic mass is 19.1. The van der Waals surface area contributed by atoms with Gasteiger partial charge in [-0.1, -0.05) is 6.07 Å². The lowest BCUT2D eigenvalue weighted by Crippen LogP contribution is -2.52. The molecule has 1 aliphatic heterocycles. The predicted octanol–water partition coefficient (Wildman–Crippen LogP) is 2.29. The highest BCUT2D eigenvalue weighted by molar-refractivity contribution is 6.04. The van der Waals surface area contributed by atoms with Gasteiger partial charge in [0.1, 0.15) is 32.1 Å². The Hall–Kier alpha value is -3.69. The largest absolute Gasteiger partial charge is 0.471 e. The summed E-state index contributed by atoms with van der Waals surface area (Å²) in [5.74, 6) is 0.183. The van der Waals surface area contributed by atoms with Gasteiger partial charge in [0.25, 0.3) is 0 Å². The first-order valence-corrected chi connectivity index (χ1v) is 9.44. The fraction of sp³-hybridized carbons (Fsp3) is 0.300. The third-order valence-corrected chi connectivity index (χ3v) is 4.66. The number of amides is 2. The molecule has 1 N–H and O–H groups in total. The number of halogens is 1. The molecular weight excluding hydrogens is 393 g/mol. The number of alkyl halides is 1. The lowest BCUT2D eigenvalue weighted by Gasteiger charge is -2.33. The third-order valence-electron chi connectivity index (χ3n) is 4.66. The molecular formula is C20H20FN5O4. The number of hydrogen-bond acceptors (Lipinski definition) is 6. The summed E-state index contributed by atoms with van der Waals surface area (Å²) < 4.78 is 22.6. The molecule has 10 heteroatoms. The molecule has 4 rings (SSSR count). The molecule has 4 heterocycles. The number of H-pyrrole nitrogens is 1. The maximum atomic E-state index is 12.6. The highest BCUT2D eigenvalue weighted by Gasteiger charge is 2.30. The number of nitrogens with one attached hydrogen (secondary N) is 1. The Balaban J connectivity index is 1.44. The smallest absolute Gasteiger partial charge is 0.410 e. The number of rotatable bonds is 6. The normalized spacial score (nSPS) is 14.2. The van der Waals surface area contributed by atoms with Crippen LogP contribution in [0.1, 0.15) is 5.69 Å². The van der Waals surface area contributed by atoms with Crippen molar-refractivity contribution in [1.29, 1.82) is 0 Å². The molecule has 0 bridgehead atoms. The van der Waals surface area contributed by atoms with Crippen molar-refractivity contribution in [2.75, 3.05) is 37.8 Å². The van der Waals surface area contributed by atoms with Gasteiger partial charge in [-0.2, -0.15) is 4.98 Å². The standard InChI is InChI=1S/C20H20FN5O4/c21-6-10-29-20(28)25-8-9-26(18(27)12-25)16-11-23-19-15(16)4-5-17(24-19)30-13-14-3-1-2-7-22-14/h1-5,7,11H,6,8-10,12-13H2,(H,23,24). The Morgan fingerprint density at radius 2 is 2.13 bits per heavy atom. The van der Waals surface area contributed by atoms with Gasteiger partial charge in [-0.15, -0.1) is 0 Å². The van der Waals surface area contributed by atoms with Crippen molar-refractivity contribution in [3.8, 4) is 5.88 Å². The highest BCUT2D eigenvalue weighted by Crippen LogP contribution is 2.28. The van der Waals surface area contributed by atoms with Crippen LogP contribution in [0.25, 0.3) is 11.0 Å². The van der Waals surface area contributed by atoms with Crippen molar-refractivity contribution < 1.29 is 23.5 Å². The second-order valence-corrected chi connectivity index (χ2v) is 6.60. The molecule has 30 heavy (non-hydrogen) atoms. The van der Waals surface area contributed by atoms with Crippen LogP contribution in [0.2, 0.25) is 0 Å². The van der Waals surface area contributed by atoms with Crippen LogP contribution in [-0.4, -0.2) is 64.8 Å². The molecule has 1 fully saturated rings. The molecule has 1 saturated heterocycles. The van der Waals surface area contributed by atoms with E-state index >= 15 is 0 Å². The van der Waals surface area contributed by atoms with Crippen LogP contribution in [-0.2, 0) is 16.1 Å². The van der Waals surface area contributed by atoms with Gasteiger partial charge in [0, 0.05) is 36.9 Å². The van der Waals surface area contributed by atoms with E-state index in [1.807, 2.05) is 24.3 Å². The zero-order valence-corrected chi connectivity index (χ0v) is 16.1. The van der Waals surface area contributed by atoms with Crippen LogP contribution >= 0.6 is 0 Å². The number of carbonyl (C=O) groups is 2. The quantitative estimate of drug-likeness (QED) is 0.666. The molecule has 0 aliphatic carbocycles. The minimum absolute atomic E-state index is 0.128. The number of piperazine rings is 1. The lowest BCUT2D eigenvalue weighted by atomic mass is 10.2. The van der Waals surface area contributed by atoms with Crippen LogP contribution < -0.4 is 9.64 Å². The van der Waals surface area contributed by atoms with E-state index in [1.165, 1.54) is 4.90 Å². The Morgan fingerprint density at radius 1 is 1.23 bits per heavy atom. The first-order valence-electron chi connectivity index (χ1n) is 9.44. The topological polar surface area (TPSA) is 101 Å². The van der Waals surface area contributed by atoms with E-state index < -0.39 is 12.8 Å². The molecule has 3 aromatic rings. The molecule has 1 aliphatic rings. The Morgan fingerprint density at radius 3 is 2.90 bits per heavy atom. The Bertz CT molecular complexity index is 1040. The summed E-state index contributed by atoms with van der Waals surface area (Å²) in [6.07, 6.45) is 2.72. The van der Waals surface area contributed by atoms with E-state index in [0.717, 1.165) is 11.1 Å². The number of pyridine rings is 2. The van der Waals surface area contributed by atoms with E-state index in [1.54, 1.807) is 23.4 Å². The van der Waals surface area contributed by atoms with Crippen LogP contribution in [0, 0.1) is 0 Å². The fourth-order valence-corrected chi connectivity index (χ4v) is 3.21. The average molecular weight is 413 g/mol. The monoisotopic (exact) mass is 413 g/mol. The molecule has 0 spiro atoms. The molecule has 0 saturated carbocycles. The lowest BCUT2D eigenvalue weighted by molar-refractivity contribution is -0.120. The van der Waals surface area contributed by atoms with Gasteiger partial charge in [-0.05, 0) is 18.2 Å². The van der Waals surface area contributed by atoms with Crippen molar-refractivity contribution in [2.24, 2.45) is 0 Å². The van der Waals surface area contributed by atoms with Gasteiger partial charge < -0.3 is 19.4 Å². The van der Waals surface area contributed by atoms with Gasteiger partial charge in [0.2, 0.25) is 11.8 Å². The number of carbonyl (C=O) groups excluding carboxylic acids is 2. The van der Waals surface area contributed by atoms with Crippen LogP contribution in [0.3, 0.4) is 0 Å². The van der Waals surface area contributed by atoms with E-state index in [-0.39, 0.29) is 19.1 Å². The van der Waals surface area contributed by atoms with Gasteiger partial charge in [-0.3, -0.25) is 14.7 Å². The third kappa shape index (κ3) is 4.17. The maximum absolute atomic E-state index is 12.6. The minimum atomic E-state index is -0.754. The summed E-state index contributed by atoms with van der Waals surface area (Å²) in [6, 6.07) is 9.15. The average Bonchev–Trinajstić information content (AvgIpc) is 3.19. The zero-order chi connectivity index (χ0) is 20.9. The van der Waals surface area contributed by atoms with E-state index in [9.17, 15) is 14.0 Å². The second kappa shape index (κ2) is 8.76. The molecule has 3 aromatic heterocycles. The maximum Gasteiger partial charge on any atom is 0.410 e. The minimum Gasteiger partial charge on any atom is -0.471 e. The van der Waals surface area contributed by atoms with E-state index in [4.69, 9.17) is 9.47 Å². The van der Waals surface area contributed by atoms with Crippen molar-refractivity contribution >= 4 is 28.7 Å². The second-order valence-electron chi connectivity index (χ2n) is 6.60. The Kier molecular flexibility index (Phi) is 5.73. The van der Waals surface area contributed by atoms with Crippen LogP contribution in [0.4, 0.5) is 14.9 Å². The summed E-state index contributed by atoms with van der Waals surface area (Å²) in [5.41, 5.74) is 2.05. The van der Waals surface area contributed by atoms with Crippen LogP contribution in [0.5, 0.6) is 5.88 Å². The van der Waals surface area contributed by atoms with Gasteiger partial charge in [0.15, 0.2) is 0 Å². The van der Waals surface area contributed by atoms with E-state index in [2.05, 4.69) is 15.0 Å². The SMILES string of the molecule is O=C(OCCF)N1CCN(c2c[nH]c3nc(OCc4ccccn4)ccc23)C(=O)C1. The van der Waals surface area contributed by atoms with Gasteiger partial charge in [0.05, 0.1) is 11.4 Å². The summed E-state index contributed by atoms with van der Waals surface area (Å²) in [5, 5.41) is 0.766. The first-order chi connectivity index (χ1) is 14.7. The molecule has 9 nitrogen and oxygen atoms in total. The summed E-state index contributed by atoms with van der Waals surface area (Å²) >= 11 is 0. The first kappa shape index (κ1) is 19.6. The zero-order valence-electron chi connectivity index (χ0n) is 16.1. The van der Waals surface area contributed by atoms with E-state index in [0.29, 0.717) is 36.9 Å². The number of hydrogen-bond donors (Lipinski definition) is 1. The molecule has 0 radical (unpaired) electrons. The number of anilines is 1. The summed E-state index contributed by atoms with van der Waals surface area (Å²) in [6.45, 7) is -0.305. The van der Waals surface area contributed by atoms with Crippen LogP contribution in [0.15, 0.2) is 42.7 Å². The Labute approximate surface area is 171 Å².